The Morgan fingerprint density at radius 1 is 1.38 bits per heavy atom. The van der Waals surface area contributed by atoms with Crippen molar-refractivity contribution in [1.29, 1.82) is 0 Å². The summed E-state index contributed by atoms with van der Waals surface area (Å²) in [7, 11) is 3.61. The second kappa shape index (κ2) is 8.94. The Balaban J connectivity index is 1.90. The third-order valence-corrected chi connectivity index (χ3v) is 5.22. The van der Waals surface area contributed by atoms with E-state index in [1.807, 2.05) is 49.9 Å². The quantitative estimate of drug-likeness (QED) is 0.636. The second-order valence-electron chi connectivity index (χ2n) is 7.49. The number of aromatic nitrogens is 2. The standard InChI is InChI=1S/C22H29N5O2/c1-5-26(4)22(29)18-9-8-17(12-15(18)2)24-21-19(14-28)20(10-11-23-3)27(25-21)13-16-6-7-16/h8-12,14,16,23H,5-7,13H2,1-4H3,(H,24,25)/b11-10-. The molecule has 3 rings (SSSR count). The molecule has 1 aromatic carbocycles. The van der Waals surface area contributed by atoms with Gasteiger partial charge in [0.2, 0.25) is 0 Å². The predicted molar refractivity (Wildman–Crippen MR) is 116 cm³/mol. The van der Waals surface area contributed by atoms with Crippen LogP contribution < -0.4 is 10.6 Å². The molecule has 0 spiro atoms. The van der Waals surface area contributed by atoms with Crippen LogP contribution in [0.5, 0.6) is 0 Å². The first kappa shape index (κ1) is 20.6. The minimum absolute atomic E-state index is 0.00155. The number of benzene rings is 1. The van der Waals surface area contributed by atoms with Crippen LogP contribution in [0.3, 0.4) is 0 Å². The van der Waals surface area contributed by atoms with E-state index in [1.54, 1.807) is 18.1 Å². The molecule has 0 aliphatic heterocycles. The van der Waals surface area contributed by atoms with Gasteiger partial charge in [0.05, 0.1) is 11.3 Å². The van der Waals surface area contributed by atoms with Crippen LogP contribution in [0.25, 0.3) is 6.08 Å². The minimum atomic E-state index is -0.00155. The van der Waals surface area contributed by atoms with Crippen LogP contribution in [0, 0.1) is 12.8 Å². The average molecular weight is 396 g/mol. The lowest BCUT2D eigenvalue weighted by Gasteiger charge is -2.16. The van der Waals surface area contributed by atoms with Crippen LogP contribution in [-0.4, -0.2) is 47.5 Å². The van der Waals surface area contributed by atoms with E-state index >= 15 is 0 Å². The fraction of sp³-hybridized carbons (Fsp3) is 0.409. The second-order valence-corrected chi connectivity index (χ2v) is 7.49. The molecular formula is C22H29N5O2. The van der Waals surface area contributed by atoms with Gasteiger partial charge in [0.1, 0.15) is 0 Å². The van der Waals surface area contributed by atoms with Gasteiger partial charge in [0.25, 0.3) is 5.91 Å². The van der Waals surface area contributed by atoms with E-state index in [0.717, 1.165) is 29.8 Å². The number of amides is 1. The Hall–Kier alpha value is -3.09. The highest BCUT2D eigenvalue weighted by atomic mass is 16.2. The zero-order valence-electron chi connectivity index (χ0n) is 17.5. The van der Waals surface area contributed by atoms with Gasteiger partial charge in [0, 0.05) is 38.4 Å². The molecule has 7 heteroatoms. The molecule has 1 aliphatic rings. The number of hydrogen-bond donors (Lipinski definition) is 2. The van der Waals surface area contributed by atoms with Crippen molar-refractivity contribution in [2.24, 2.45) is 5.92 Å². The largest absolute Gasteiger partial charge is 0.394 e. The van der Waals surface area contributed by atoms with Crippen molar-refractivity contribution in [3.05, 3.63) is 46.8 Å². The maximum absolute atomic E-state index is 12.5. The van der Waals surface area contributed by atoms with Gasteiger partial charge in [-0.05, 0) is 68.6 Å². The molecule has 1 aliphatic carbocycles. The Bertz CT molecular complexity index is 928. The predicted octanol–water partition coefficient (Wildman–Crippen LogP) is 3.44. The van der Waals surface area contributed by atoms with Gasteiger partial charge < -0.3 is 15.5 Å². The van der Waals surface area contributed by atoms with E-state index in [9.17, 15) is 9.59 Å². The first-order valence-electron chi connectivity index (χ1n) is 10.0. The highest BCUT2D eigenvalue weighted by Crippen LogP contribution is 2.33. The Labute approximate surface area is 171 Å². The SMILES string of the molecule is CCN(C)C(=O)c1ccc(Nc2nn(CC3CC3)c(/C=C\NC)c2C=O)cc1C. The fourth-order valence-corrected chi connectivity index (χ4v) is 3.19. The number of nitrogens with one attached hydrogen (secondary N) is 2. The number of rotatable bonds is 9. The lowest BCUT2D eigenvalue weighted by Crippen LogP contribution is -2.26. The average Bonchev–Trinajstić information content (AvgIpc) is 3.47. The zero-order chi connectivity index (χ0) is 21.0. The first-order valence-corrected chi connectivity index (χ1v) is 10.0. The van der Waals surface area contributed by atoms with E-state index in [4.69, 9.17) is 0 Å². The summed E-state index contributed by atoms with van der Waals surface area (Å²) in [6, 6.07) is 5.57. The molecule has 2 aromatic rings. The summed E-state index contributed by atoms with van der Waals surface area (Å²) in [6.07, 6.45) is 6.92. The number of carbonyl (C=O) groups excluding carboxylic acids is 2. The monoisotopic (exact) mass is 395 g/mol. The number of carbonyl (C=O) groups is 2. The zero-order valence-corrected chi connectivity index (χ0v) is 17.5. The van der Waals surface area contributed by atoms with Crippen molar-refractivity contribution in [1.82, 2.24) is 20.0 Å². The fourth-order valence-electron chi connectivity index (χ4n) is 3.19. The molecule has 0 saturated heterocycles. The molecule has 154 valence electrons. The minimum Gasteiger partial charge on any atom is -0.394 e. The van der Waals surface area contributed by atoms with E-state index in [1.165, 1.54) is 12.8 Å². The highest BCUT2D eigenvalue weighted by molar-refractivity contribution is 5.96. The van der Waals surface area contributed by atoms with Crippen molar-refractivity contribution in [3.63, 3.8) is 0 Å². The number of hydrogen-bond acceptors (Lipinski definition) is 5. The molecule has 0 bridgehead atoms. The molecule has 0 unspecified atom stereocenters. The molecule has 2 N–H and O–H groups in total. The normalized spacial score (nSPS) is 13.5. The summed E-state index contributed by atoms with van der Waals surface area (Å²) >= 11 is 0. The number of nitrogens with zero attached hydrogens (tertiary/aromatic N) is 3. The van der Waals surface area contributed by atoms with Crippen LogP contribution in [-0.2, 0) is 6.54 Å². The van der Waals surface area contributed by atoms with Gasteiger partial charge in [-0.25, -0.2) is 0 Å². The number of aryl methyl sites for hydroxylation is 1. The van der Waals surface area contributed by atoms with Crippen LogP contribution in [0.15, 0.2) is 24.4 Å². The lowest BCUT2D eigenvalue weighted by atomic mass is 10.1. The topological polar surface area (TPSA) is 79.3 Å². The Morgan fingerprint density at radius 3 is 2.72 bits per heavy atom. The van der Waals surface area contributed by atoms with Crippen LogP contribution in [0.4, 0.5) is 11.5 Å². The lowest BCUT2D eigenvalue weighted by molar-refractivity contribution is 0.0801. The molecule has 29 heavy (non-hydrogen) atoms. The highest BCUT2D eigenvalue weighted by Gasteiger charge is 2.25. The smallest absolute Gasteiger partial charge is 0.253 e. The maximum Gasteiger partial charge on any atom is 0.253 e. The van der Waals surface area contributed by atoms with E-state index in [-0.39, 0.29) is 5.91 Å². The summed E-state index contributed by atoms with van der Waals surface area (Å²) in [5.74, 6) is 1.16. The molecule has 0 radical (unpaired) electrons. The summed E-state index contributed by atoms with van der Waals surface area (Å²) in [4.78, 5) is 26.0. The molecule has 1 fully saturated rings. The van der Waals surface area contributed by atoms with Gasteiger partial charge in [0.15, 0.2) is 12.1 Å². The Morgan fingerprint density at radius 2 is 2.14 bits per heavy atom. The van der Waals surface area contributed by atoms with Crippen molar-refractivity contribution < 1.29 is 9.59 Å². The van der Waals surface area contributed by atoms with Crippen LogP contribution >= 0.6 is 0 Å². The summed E-state index contributed by atoms with van der Waals surface area (Å²) in [5.41, 5.74) is 3.66. The summed E-state index contributed by atoms with van der Waals surface area (Å²) in [6.45, 7) is 5.32. The van der Waals surface area contributed by atoms with Crippen molar-refractivity contribution in [3.8, 4) is 0 Å². The molecule has 1 heterocycles. The van der Waals surface area contributed by atoms with Crippen molar-refractivity contribution >= 4 is 29.8 Å². The third kappa shape index (κ3) is 4.67. The Kier molecular flexibility index (Phi) is 6.36. The van der Waals surface area contributed by atoms with E-state index < -0.39 is 0 Å². The van der Waals surface area contributed by atoms with Crippen LogP contribution in [0.1, 0.15) is 51.7 Å². The van der Waals surface area contributed by atoms with Gasteiger partial charge >= 0.3 is 0 Å². The van der Waals surface area contributed by atoms with Crippen LogP contribution in [0.2, 0.25) is 0 Å². The first-order chi connectivity index (χ1) is 14.0. The van der Waals surface area contributed by atoms with E-state index in [0.29, 0.717) is 29.4 Å². The van der Waals surface area contributed by atoms with Crippen molar-refractivity contribution in [2.75, 3.05) is 26.0 Å². The third-order valence-electron chi connectivity index (χ3n) is 5.22. The van der Waals surface area contributed by atoms with E-state index in [2.05, 4.69) is 15.7 Å². The van der Waals surface area contributed by atoms with Gasteiger partial charge in [-0.3, -0.25) is 14.3 Å². The van der Waals surface area contributed by atoms with Gasteiger partial charge in [-0.1, -0.05) is 0 Å². The molecule has 1 aromatic heterocycles. The number of aldehydes is 1. The molecule has 1 amide bonds. The molecule has 7 nitrogen and oxygen atoms in total. The van der Waals surface area contributed by atoms with Crippen molar-refractivity contribution in [2.45, 2.75) is 33.2 Å². The molecular weight excluding hydrogens is 366 g/mol. The summed E-state index contributed by atoms with van der Waals surface area (Å²) in [5, 5.41) is 10.9. The van der Waals surface area contributed by atoms with Gasteiger partial charge in [-0.15, -0.1) is 0 Å². The molecule has 0 atom stereocenters. The maximum atomic E-state index is 12.5. The summed E-state index contributed by atoms with van der Waals surface area (Å²) < 4.78 is 1.90. The van der Waals surface area contributed by atoms with Gasteiger partial charge in [-0.2, -0.15) is 5.10 Å². The number of anilines is 2. The molecule has 1 saturated carbocycles.